The third-order valence-electron chi connectivity index (χ3n) is 8.29. The second-order valence-corrected chi connectivity index (χ2v) is 9.03. The number of aliphatic hydroxyl groups is 1. The molecule has 0 amide bonds. The lowest BCUT2D eigenvalue weighted by molar-refractivity contribution is -0.140. The normalized spacial score (nSPS) is 51.3. The average molecular weight is 316 g/mol. The van der Waals surface area contributed by atoms with Crippen molar-refractivity contribution in [3.05, 3.63) is 11.8 Å². The van der Waals surface area contributed by atoms with E-state index in [0.717, 1.165) is 44.8 Å². The number of hydrogen-bond acceptors (Lipinski definition) is 3. The molecule has 0 aromatic heterocycles. The molecule has 0 radical (unpaired) electrons. The van der Waals surface area contributed by atoms with Crippen LogP contribution in [0.25, 0.3) is 0 Å². The molecule has 4 aliphatic carbocycles. The van der Waals surface area contributed by atoms with Crippen molar-refractivity contribution in [2.45, 2.75) is 65.2 Å². The second-order valence-electron chi connectivity index (χ2n) is 9.03. The molecule has 0 aromatic carbocycles. The van der Waals surface area contributed by atoms with Crippen LogP contribution in [0.5, 0.6) is 0 Å². The number of ketones is 2. The Bertz CT molecular complexity index is 592. The smallest absolute Gasteiger partial charge is 0.162 e. The molecule has 6 atom stereocenters. The summed E-state index contributed by atoms with van der Waals surface area (Å²) in [6.07, 6.45) is 8.66. The van der Waals surface area contributed by atoms with E-state index in [4.69, 9.17) is 0 Å². The summed E-state index contributed by atoms with van der Waals surface area (Å²) in [5, 5.41) is 9.46. The molecule has 0 aliphatic heterocycles. The summed E-state index contributed by atoms with van der Waals surface area (Å²) < 4.78 is 0. The van der Waals surface area contributed by atoms with Crippen LogP contribution in [0.3, 0.4) is 0 Å². The lowest BCUT2D eigenvalue weighted by Gasteiger charge is -2.59. The van der Waals surface area contributed by atoms with Crippen molar-refractivity contribution in [2.75, 3.05) is 0 Å². The van der Waals surface area contributed by atoms with Crippen LogP contribution in [0.4, 0.5) is 0 Å². The Balaban J connectivity index is 1.68. The Morgan fingerprint density at radius 1 is 1.09 bits per heavy atom. The average Bonchev–Trinajstić information content (AvgIpc) is 2.83. The van der Waals surface area contributed by atoms with E-state index in [0.29, 0.717) is 41.4 Å². The van der Waals surface area contributed by atoms with E-state index < -0.39 is 0 Å². The number of carbonyl (C=O) groups is 2. The SMILES string of the molecule is C[C@]12C/C(=C/O)C(=O)C[C@@H]1CC[C@@H]1[C@@H]2CC[C@]2(C)C(=O)CC[C@@H]12. The van der Waals surface area contributed by atoms with Crippen LogP contribution in [0.2, 0.25) is 0 Å². The van der Waals surface area contributed by atoms with Crippen molar-refractivity contribution in [3.8, 4) is 0 Å². The summed E-state index contributed by atoms with van der Waals surface area (Å²) in [7, 11) is 0. The third kappa shape index (κ3) is 1.94. The minimum absolute atomic E-state index is 0.0789. The maximum Gasteiger partial charge on any atom is 0.162 e. The molecule has 0 heterocycles. The van der Waals surface area contributed by atoms with Crippen LogP contribution in [0.15, 0.2) is 11.8 Å². The molecule has 0 unspecified atom stereocenters. The molecule has 4 rings (SSSR count). The molecule has 4 aliphatic rings. The minimum atomic E-state index is -0.0789. The lowest BCUT2D eigenvalue weighted by atomic mass is 9.45. The Kier molecular flexibility index (Phi) is 3.31. The number of Topliss-reactive ketones (excluding diaryl/α,β-unsaturated/α-hetero) is 2. The second kappa shape index (κ2) is 4.94. The zero-order valence-electron chi connectivity index (χ0n) is 14.3. The van der Waals surface area contributed by atoms with E-state index in [1.807, 2.05) is 0 Å². The Labute approximate surface area is 138 Å². The number of allylic oxidation sites excluding steroid dienone is 1. The topological polar surface area (TPSA) is 54.4 Å². The highest BCUT2D eigenvalue weighted by Crippen LogP contribution is 2.65. The number of fused-ring (bicyclic) bond motifs is 5. The molecule has 1 N–H and O–H groups in total. The highest BCUT2D eigenvalue weighted by Gasteiger charge is 2.60. The maximum absolute atomic E-state index is 12.4. The van der Waals surface area contributed by atoms with E-state index in [-0.39, 0.29) is 16.6 Å². The predicted octanol–water partition coefficient (Wildman–Crippen LogP) is 4.22. The van der Waals surface area contributed by atoms with Gasteiger partial charge in [-0.15, -0.1) is 0 Å². The summed E-state index contributed by atoms with van der Waals surface area (Å²) in [4.78, 5) is 24.6. The predicted molar refractivity (Wildman–Crippen MR) is 87.8 cm³/mol. The van der Waals surface area contributed by atoms with Crippen LogP contribution in [-0.4, -0.2) is 16.7 Å². The van der Waals surface area contributed by atoms with Crippen LogP contribution in [-0.2, 0) is 9.59 Å². The zero-order chi connectivity index (χ0) is 16.4. The highest BCUT2D eigenvalue weighted by molar-refractivity contribution is 5.96. The summed E-state index contributed by atoms with van der Waals surface area (Å²) in [6.45, 7) is 4.56. The molecule has 126 valence electrons. The van der Waals surface area contributed by atoms with Gasteiger partial charge in [0.25, 0.3) is 0 Å². The first kappa shape index (κ1) is 15.4. The van der Waals surface area contributed by atoms with Gasteiger partial charge in [0.05, 0.1) is 6.26 Å². The largest absolute Gasteiger partial charge is 0.515 e. The fraction of sp³-hybridized carbons (Fsp3) is 0.800. The first-order valence-corrected chi connectivity index (χ1v) is 9.30. The summed E-state index contributed by atoms with van der Waals surface area (Å²) in [6, 6.07) is 0. The molecule has 0 saturated heterocycles. The molecule has 23 heavy (non-hydrogen) atoms. The standard InChI is InChI=1S/C20H28O3/c1-19-8-7-16-14(15(19)5-6-18(19)23)4-3-13-9-17(22)12(11-21)10-20(13,16)2/h11,13-16,21H,3-10H2,1-2H3/b12-11-/t13-,14-,15-,16-,19-,20-/m0/s1. The van der Waals surface area contributed by atoms with Gasteiger partial charge < -0.3 is 5.11 Å². The maximum atomic E-state index is 12.4. The molecule has 4 saturated carbocycles. The van der Waals surface area contributed by atoms with E-state index in [2.05, 4.69) is 13.8 Å². The van der Waals surface area contributed by atoms with Gasteiger partial charge in [-0.1, -0.05) is 13.8 Å². The van der Waals surface area contributed by atoms with Gasteiger partial charge in [-0.2, -0.15) is 0 Å². The van der Waals surface area contributed by atoms with Crippen molar-refractivity contribution in [2.24, 2.45) is 34.5 Å². The first-order valence-electron chi connectivity index (χ1n) is 9.30. The van der Waals surface area contributed by atoms with Gasteiger partial charge in [0.15, 0.2) is 5.78 Å². The van der Waals surface area contributed by atoms with Gasteiger partial charge >= 0.3 is 0 Å². The van der Waals surface area contributed by atoms with Crippen molar-refractivity contribution in [1.82, 2.24) is 0 Å². The van der Waals surface area contributed by atoms with Gasteiger partial charge in [-0.3, -0.25) is 9.59 Å². The lowest BCUT2D eigenvalue weighted by Crippen LogP contribution is -2.54. The molecular formula is C20H28O3. The van der Waals surface area contributed by atoms with Gasteiger partial charge in [0.2, 0.25) is 0 Å². The van der Waals surface area contributed by atoms with Crippen molar-refractivity contribution in [3.63, 3.8) is 0 Å². The fourth-order valence-corrected chi connectivity index (χ4v) is 6.90. The molecular weight excluding hydrogens is 288 g/mol. The van der Waals surface area contributed by atoms with Gasteiger partial charge in [0, 0.05) is 23.8 Å². The number of hydrogen-bond donors (Lipinski definition) is 1. The molecule has 3 heteroatoms. The van der Waals surface area contributed by atoms with E-state index in [1.54, 1.807) is 0 Å². The molecule has 4 fully saturated rings. The fourth-order valence-electron chi connectivity index (χ4n) is 6.90. The zero-order valence-corrected chi connectivity index (χ0v) is 14.3. The van der Waals surface area contributed by atoms with E-state index in [9.17, 15) is 14.7 Å². The number of carbonyl (C=O) groups excluding carboxylic acids is 2. The van der Waals surface area contributed by atoms with E-state index in [1.165, 1.54) is 6.42 Å². The van der Waals surface area contributed by atoms with Gasteiger partial charge in [0.1, 0.15) is 5.78 Å². The number of aliphatic hydroxyl groups excluding tert-OH is 1. The van der Waals surface area contributed by atoms with Crippen LogP contribution in [0.1, 0.15) is 65.2 Å². The molecule has 0 spiro atoms. The van der Waals surface area contributed by atoms with Gasteiger partial charge in [-0.05, 0) is 67.6 Å². The first-order chi connectivity index (χ1) is 10.9. The monoisotopic (exact) mass is 316 g/mol. The Hall–Kier alpha value is -1.12. The molecule has 3 nitrogen and oxygen atoms in total. The summed E-state index contributed by atoms with van der Waals surface area (Å²) in [5.41, 5.74) is 0.670. The van der Waals surface area contributed by atoms with Crippen molar-refractivity contribution >= 4 is 11.6 Å². The van der Waals surface area contributed by atoms with Crippen molar-refractivity contribution in [1.29, 1.82) is 0 Å². The summed E-state index contributed by atoms with van der Waals surface area (Å²) >= 11 is 0. The third-order valence-corrected chi connectivity index (χ3v) is 8.29. The van der Waals surface area contributed by atoms with Crippen molar-refractivity contribution < 1.29 is 14.7 Å². The quantitative estimate of drug-likeness (QED) is 0.538. The minimum Gasteiger partial charge on any atom is -0.515 e. The number of rotatable bonds is 0. The highest BCUT2D eigenvalue weighted by atomic mass is 16.2. The molecule has 0 aromatic rings. The van der Waals surface area contributed by atoms with Crippen LogP contribution in [0, 0.1) is 34.5 Å². The van der Waals surface area contributed by atoms with Crippen LogP contribution < -0.4 is 0 Å². The van der Waals surface area contributed by atoms with Crippen LogP contribution >= 0.6 is 0 Å². The Morgan fingerprint density at radius 2 is 1.87 bits per heavy atom. The molecule has 0 bridgehead atoms. The summed E-state index contributed by atoms with van der Waals surface area (Å²) in [5.74, 6) is 2.88. The van der Waals surface area contributed by atoms with Gasteiger partial charge in [-0.25, -0.2) is 0 Å². The van der Waals surface area contributed by atoms with E-state index >= 15 is 0 Å². The Morgan fingerprint density at radius 3 is 2.61 bits per heavy atom.